The second kappa shape index (κ2) is 6.72. The van der Waals surface area contributed by atoms with Crippen LogP contribution in [0.1, 0.15) is 42.2 Å². The lowest BCUT2D eigenvalue weighted by Gasteiger charge is -2.15. The first-order chi connectivity index (χ1) is 8.88. The van der Waals surface area contributed by atoms with Crippen LogP contribution in [0.4, 0.5) is 5.82 Å². The van der Waals surface area contributed by atoms with Gasteiger partial charge in [0.25, 0.3) is 0 Å². The molecule has 6 nitrogen and oxygen atoms in total. The van der Waals surface area contributed by atoms with E-state index in [2.05, 4.69) is 10.3 Å². The molecular weight excluding hydrogens is 246 g/mol. The number of nitrogens with one attached hydrogen (secondary N) is 1. The zero-order valence-corrected chi connectivity index (χ0v) is 11.1. The molecule has 0 bridgehead atoms. The van der Waals surface area contributed by atoms with Gasteiger partial charge < -0.3 is 16.2 Å². The first-order valence-electron chi connectivity index (χ1n) is 6.15. The fourth-order valence-corrected chi connectivity index (χ4v) is 1.77. The number of carbonyl (C=O) groups excluding carboxylic acids is 1. The summed E-state index contributed by atoms with van der Waals surface area (Å²) in [6.07, 6.45) is 1.46. The second-order valence-electron chi connectivity index (χ2n) is 4.58. The van der Waals surface area contributed by atoms with Gasteiger partial charge in [-0.3, -0.25) is 9.59 Å². The highest BCUT2D eigenvalue weighted by atomic mass is 16.4. The number of nitrogens with two attached hydrogens (primary N) is 1. The molecule has 104 valence electrons. The molecule has 6 heteroatoms. The molecule has 0 aromatic carbocycles. The molecule has 1 rings (SSSR count). The summed E-state index contributed by atoms with van der Waals surface area (Å²) in [4.78, 5) is 25.8. The molecule has 4 N–H and O–H groups in total. The number of rotatable bonds is 7. The van der Waals surface area contributed by atoms with Crippen LogP contribution in [-0.2, 0) is 4.79 Å². The number of hydrogen-bond donors (Lipinski definition) is 3. The molecule has 1 amide bonds. The van der Waals surface area contributed by atoms with E-state index >= 15 is 0 Å². The van der Waals surface area contributed by atoms with Crippen LogP contribution in [0.5, 0.6) is 0 Å². The van der Waals surface area contributed by atoms with Crippen LogP contribution in [0.25, 0.3) is 0 Å². The Bertz CT molecular complexity index is 474. The molecule has 0 fully saturated rings. The Morgan fingerprint density at radius 2 is 2.16 bits per heavy atom. The standard InChI is InChI=1S/C13H19N3O3/c1-8(4-3-5-12(17)18)15-11-7-10(13(14)19)6-9(2)16-11/h6-8H,3-5H2,1-2H3,(H2,14,19)(H,15,16)(H,17,18). The van der Waals surface area contributed by atoms with Gasteiger partial charge in [0.05, 0.1) is 0 Å². The number of pyridine rings is 1. The Hall–Kier alpha value is -2.11. The van der Waals surface area contributed by atoms with Gasteiger partial charge in [0.2, 0.25) is 5.91 Å². The molecule has 1 aromatic heterocycles. The first-order valence-corrected chi connectivity index (χ1v) is 6.15. The third-order valence-electron chi connectivity index (χ3n) is 2.66. The molecular formula is C13H19N3O3. The van der Waals surface area contributed by atoms with E-state index in [1.807, 2.05) is 6.92 Å². The summed E-state index contributed by atoms with van der Waals surface area (Å²) in [5, 5.41) is 11.7. The van der Waals surface area contributed by atoms with Crippen molar-refractivity contribution in [2.75, 3.05) is 5.32 Å². The zero-order chi connectivity index (χ0) is 14.4. The summed E-state index contributed by atoms with van der Waals surface area (Å²) in [5.41, 5.74) is 6.35. The number of amides is 1. The van der Waals surface area contributed by atoms with Crippen molar-refractivity contribution >= 4 is 17.7 Å². The molecule has 0 spiro atoms. The van der Waals surface area contributed by atoms with Crippen LogP contribution in [0.15, 0.2) is 12.1 Å². The van der Waals surface area contributed by atoms with Crippen molar-refractivity contribution in [2.45, 2.75) is 39.2 Å². The predicted octanol–water partition coefficient (Wildman–Crippen LogP) is 1.54. The van der Waals surface area contributed by atoms with Gasteiger partial charge >= 0.3 is 5.97 Å². The van der Waals surface area contributed by atoms with Crippen LogP contribution in [0.3, 0.4) is 0 Å². The van der Waals surface area contributed by atoms with Crippen molar-refractivity contribution in [1.82, 2.24) is 4.98 Å². The predicted molar refractivity (Wildman–Crippen MR) is 72.1 cm³/mol. The van der Waals surface area contributed by atoms with Crippen molar-refractivity contribution in [2.24, 2.45) is 5.73 Å². The first kappa shape index (κ1) is 14.9. The molecule has 0 saturated carbocycles. The third-order valence-corrected chi connectivity index (χ3v) is 2.66. The molecule has 1 unspecified atom stereocenters. The van der Waals surface area contributed by atoms with Gasteiger partial charge in [-0.1, -0.05) is 0 Å². The number of carbonyl (C=O) groups is 2. The monoisotopic (exact) mass is 265 g/mol. The summed E-state index contributed by atoms with van der Waals surface area (Å²) < 4.78 is 0. The Morgan fingerprint density at radius 1 is 1.47 bits per heavy atom. The SMILES string of the molecule is Cc1cc(C(N)=O)cc(NC(C)CCCC(=O)O)n1. The molecule has 0 radical (unpaired) electrons. The number of carboxylic acid groups (broad SMARTS) is 1. The topological polar surface area (TPSA) is 105 Å². The third kappa shape index (κ3) is 5.37. The van der Waals surface area contributed by atoms with E-state index in [1.165, 1.54) is 0 Å². The summed E-state index contributed by atoms with van der Waals surface area (Å²) in [6.45, 7) is 3.72. The second-order valence-corrected chi connectivity index (χ2v) is 4.58. The average molecular weight is 265 g/mol. The van der Waals surface area contributed by atoms with E-state index < -0.39 is 11.9 Å². The maximum Gasteiger partial charge on any atom is 0.303 e. The Morgan fingerprint density at radius 3 is 2.74 bits per heavy atom. The Labute approximate surface area is 112 Å². The summed E-state index contributed by atoms with van der Waals surface area (Å²) in [6, 6.07) is 3.31. The summed E-state index contributed by atoms with van der Waals surface area (Å²) >= 11 is 0. The van der Waals surface area contributed by atoms with E-state index in [0.29, 0.717) is 29.9 Å². The maximum absolute atomic E-state index is 11.1. The number of aromatic nitrogens is 1. The fourth-order valence-electron chi connectivity index (χ4n) is 1.77. The number of anilines is 1. The minimum atomic E-state index is -0.795. The highest BCUT2D eigenvalue weighted by Gasteiger charge is 2.08. The highest BCUT2D eigenvalue weighted by Crippen LogP contribution is 2.13. The van der Waals surface area contributed by atoms with Gasteiger partial charge in [-0.25, -0.2) is 4.98 Å². The number of carboxylic acids is 1. The number of primary amides is 1. The highest BCUT2D eigenvalue weighted by molar-refractivity contribution is 5.93. The van der Waals surface area contributed by atoms with Gasteiger partial charge in [-0.15, -0.1) is 0 Å². The van der Waals surface area contributed by atoms with Crippen LogP contribution >= 0.6 is 0 Å². The molecule has 0 aliphatic rings. The van der Waals surface area contributed by atoms with E-state index in [0.717, 1.165) is 0 Å². The minimum Gasteiger partial charge on any atom is -0.481 e. The summed E-state index contributed by atoms with van der Waals surface area (Å²) in [7, 11) is 0. The van der Waals surface area contributed by atoms with Gasteiger partial charge in [0, 0.05) is 23.7 Å². The number of aryl methyl sites for hydroxylation is 1. The average Bonchev–Trinajstić information content (AvgIpc) is 2.27. The minimum absolute atomic E-state index is 0.0781. The van der Waals surface area contributed by atoms with Crippen molar-refractivity contribution in [3.05, 3.63) is 23.4 Å². The van der Waals surface area contributed by atoms with E-state index in [-0.39, 0.29) is 12.5 Å². The van der Waals surface area contributed by atoms with Crippen LogP contribution < -0.4 is 11.1 Å². The molecule has 1 atom stereocenters. The van der Waals surface area contributed by atoms with Crippen molar-refractivity contribution in [1.29, 1.82) is 0 Å². The van der Waals surface area contributed by atoms with Gasteiger partial charge in [-0.2, -0.15) is 0 Å². The van der Waals surface area contributed by atoms with Crippen LogP contribution in [0.2, 0.25) is 0 Å². The van der Waals surface area contributed by atoms with Crippen LogP contribution in [-0.4, -0.2) is 28.0 Å². The Kier molecular flexibility index (Phi) is 5.29. The Balaban J connectivity index is 2.61. The number of nitrogens with zero attached hydrogens (tertiary/aromatic N) is 1. The lowest BCUT2D eigenvalue weighted by atomic mass is 10.1. The lowest BCUT2D eigenvalue weighted by Crippen LogP contribution is -2.18. The smallest absolute Gasteiger partial charge is 0.303 e. The van der Waals surface area contributed by atoms with Crippen LogP contribution in [0, 0.1) is 6.92 Å². The van der Waals surface area contributed by atoms with E-state index in [1.54, 1.807) is 19.1 Å². The van der Waals surface area contributed by atoms with Gasteiger partial charge in [0.15, 0.2) is 0 Å². The molecule has 0 saturated heterocycles. The van der Waals surface area contributed by atoms with E-state index in [9.17, 15) is 9.59 Å². The van der Waals surface area contributed by atoms with Gasteiger partial charge in [0.1, 0.15) is 5.82 Å². The normalized spacial score (nSPS) is 11.9. The van der Waals surface area contributed by atoms with Crippen molar-refractivity contribution in [3.8, 4) is 0 Å². The molecule has 19 heavy (non-hydrogen) atoms. The fraction of sp³-hybridized carbons (Fsp3) is 0.462. The maximum atomic E-state index is 11.1. The molecule has 1 aromatic rings. The largest absolute Gasteiger partial charge is 0.481 e. The van der Waals surface area contributed by atoms with Crippen molar-refractivity contribution in [3.63, 3.8) is 0 Å². The molecule has 0 aliphatic carbocycles. The van der Waals surface area contributed by atoms with E-state index in [4.69, 9.17) is 10.8 Å². The quantitative estimate of drug-likeness (QED) is 0.693. The molecule has 0 aliphatic heterocycles. The van der Waals surface area contributed by atoms with Crippen molar-refractivity contribution < 1.29 is 14.7 Å². The zero-order valence-electron chi connectivity index (χ0n) is 11.1. The molecule has 1 heterocycles. The van der Waals surface area contributed by atoms with Gasteiger partial charge in [-0.05, 0) is 38.8 Å². The lowest BCUT2D eigenvalue weighted by molar-refractivity contribution is -0.137. The number of hydrogen-bond acceptors (Lipinski definition) is 4. The summed E-state index contributed by atoms with van der Waals surface area (Å²) in [5.74, 6) is -0.708. The number of aliphatic carboxylic acids is 1.